The number of aromatic nitrogens is 1. The van der Waals surface area contributed by atoms with Crippen LogP contribution in [0.1, 0.15) is 13.3 Å². The fourth-order valence-corrected chi connectivity index (χ4v) is 1.77. The van der Waals surface area contributed by atoms with Crippen molar-refractivity contribution in [3.63, 3.8) is 0 Å². The highest BCUT2D eigenvalue weighted by atomic mass is 32.2. The molecule has 0 atom stereocenters. The maximum atomic E-state index is 11.0. The van der Waals surface area contributed by atoms with Crippen LogP contribution in [0.5, 0.6) is 0 Å². The zero-order valence-electron chi connectivity index (χ0n) is 8.31. The maximum Gasteiger partial charge on any atom is 0.211 e. The van der Waals surface area contributed by atoms with Gasteiger partial charge >= 0.3 is 0 Å². The fraction of sp³-hybridized carbons (Fsp3) is 0.556. The summed E-state index contributed by atoms with van der Waals surface area (Å²) < 4.78 is 26.6. The van der Waals surface area contributed by atoms with E-state index in [0.717, 1.165) is 13.0 Å². The van der Waals surface area contributed by atoms with Gasteiger partial charge in [-0.15, -0.1) is 0 Å². The van der Waals surface area contributed by atoms with Crippen LogP contribution < -0.4 is 4.72 Å². The van der Waals surface area contributed by atoms with E-state index in [1.807, 2.05) is 29.1 Å². The molecular formula is C9H16N2O2S. The van der Waals surface area contributed by atoms with Gasteiger partial charge in [-0.1, -0.05) is 0 Å². The summed E-state index contributed by atoms with van der Waals surface area (Å²) in [5.41, 5.74) is 0. The predicted octanol–water partition coefficient (Wildman–Crippen LogP) is 0.817. The molecule has 0 aliphatic heterocycles. The molecular weight excluding hydrogens is 200 g/mol. The summed E-state index contributed by atoms with van der Waals surface area (Å²) in [5.74, 6) is 0.149. The molecule has 0 fully saturated rings. The minimum atomic E-state index is -3.02. The van der Waals surface area contributed by atoms with Gasteiger partial charge in [-0.25, -0.2) is 13.1 Å². The van der Waals surface area contributed by atoms with Crippen molar-refractivity contribution in [2.24, 2.45) is 0 Å². The van der Waals surface area contributed by atoms with E-state index >= 15 is 0 Å². The average Bonchev–Trinajstić information content (AvgIpc) is 2.65. The zero-order chi connectivity index (χ0) is 10.4. The van der Waals surface area contributed by atoms with Gasteiger partial charge < -0.3 is 4.57 Å². The van der Waals surface area contributed by atoms with Gasteiger partial charge in [0.1, 0.15) is 0 Å². The number of hydrogen-bond acceptors (Lipinski definition) is 2. The van der Waals surface area contributed by atoms with E-state index in [1.165, 1.54) is 0 Å². The maximum absolute atomic E-state index is 11.0. The topological polar surface area (TPSA) is 51.1 Å². The van der Waals surface area contributed by atoms with E-state index < -0.39 is 10.0 Å². The first-order valence-electron chi connectivity index (χ1n) is 4.72. The number of hydrogen-bond donors (Lipinski definition) is 1. The Morgan fingerprint density at radius 2 is 1.93 bits per heavy atom. The second kappa shape index (κ2) is 5.17. The van der Waals surface area contributed by atoms with E-state index in [4.69, 9.17) is 0 Å². The largest absolute Gasteiger partial charge is 0.354 e. The van der Waals surface area contributed by atoms with Crippen molar-refractivity contribution in [1.29, 1.82) is 0 Å². The number of sulfonamides is 1. The lowest BCUT2D eigenvalue weighted by Gasteiger charge is -2.04. The third-order valence-corrected chi connectivity index (χ3v) is 3.37. The van der Waals surface area contributed by atoms with E-state index in [2.05, 4.69) is 4.72 Å². The number of nitrogens with one attached hydrogen (secondary N) is 1. The highest BCUT2D eigenvalue weighted by Crippen LogP contribution is 1.92. The van der Waals surface area contributed by atoms with E-state index in [0.29, 0.717) is 6.54 Å². The molecule has 4 nitrogen and oxygen atoms in total. The summed E-state index contributed by atoms with van der Waals surface area (Å²) in [4.78, 5) is 0. The number of rotatable bonds is 6. The molecule has 1 heterocycles. The molecule has 1 aromatic rings. The second-order valence-electron chi connectivity index (χ2n) is 3.07. The normalized spacial score (nSPS) is 11.8. The van der Waals surface area contributed by atoms with Crippen LogP contribution in [-0.4, -0.2) is 25.3 Å². The molecule has 5 heteroatoms. The van der Waals surface area contributed by atoms with Crippen LogP contribution in [0.15, 0.2) is 24.5 Å². The van der Waals surface area contributed by atoms with Crippen LogP contribution in [-0.2, 0) is 16.6 Å². The van der Waals surface area contributed by atoms with Gasteiger partial charge in [-0.3, -0.25) is 0 Å². The van der Waals surface area contributed by atoms with Gasteiger partial charge in [0, 0.05) is 25.5 Å². The van der Waals surface area contributed by atoms with Gasteiger partial charge in [-0.2, -0.15) is 0 Å². The molecule has 14 heavy (non-hydrogen) atoms. The van der Waals surface area contributed by atoms with Crippen LogP contribution >= 0.6 is 0 Å². The van der Waals surface area contributed by atoms with Gasteiger partial charge in [-0.05, 0) is 25.5 Å². The van der Waals surface area contributed by atoms with Crippen LogP contribution in [0.2, 0.25) is 0 Å². The standard InChI is InChI=1S/C9H16N2O2S/c1-2-14(12,13)10-6-5-9-11-7-3-4-8-11/h3-4,7-8,10H,2,5-6,9H2,1H3. The quantitative estimate of drug-likeness (QED) is 0.716. The van der Waals surface area contributed by atoms with Crippen molar-refractivity contribution in [1.82, 2.24) is 9.29 Å². The van der Waals surface area contributed by atoms with Crippen LogP contribution in [0.25, 0.3) is 0 Å². The molecule has 0 bridgehead atoms. The Labute approximate surface area is 85.0 Å². The first-order chi connectivity index (χ1) is 6.64. The minimum absolute atomic E-state index is 0.149. The van der Waals surface area contributed by atoms with Crippen molar-refractivity contribution in [3.05, 3.63) is 24.5 Å². The zero-order valence-corrected chi connectivity index (χ0v) is 9.13. The number of aryl methyl sites for hydroxylation is 1. The Kier molecular flexibility index (Phi) is 4.16. The van der Waals surface area contributed by atoms with E-state index in [9.17, 15) is 8.42 Å². The SMILES string of the molecule is CCS(=O)(=O)NCCCn1cccc1. The molecule has 0 unspecified atom stereocenters. The minimum Gasteiger partial charge on any atom is -0.354 e. The summed E-state index contributed by atoms with van der Waals surface area (Å²) in [6, 6.07) is 3.91. The Morgan fingerprint density at radius 1 is 1.29 bits per heavy atom. The third-order valence-electron chi connectivity index (χ3n) is 1.96. The van der Waals surface area contributed by atoms with Crippen LogP contribution in [0.4, 0.5) is 0 Å². The second-order valence-corrected chi connectivity index (χ2v) is 5.17. The summed E-state index contributed by atoms with van der Waals surface area (Å²) in [5, 5.41) is 0. The molecule has 0 saturated heterocycles. The molecule has 0 aliphatic rings. The molecule has 0 aromatic carbocycles. The summed E-state index contributed by atoms with van der Waals surface area (Å²) in [6.07, 6.45) is 4.75. The van der Waals surface area contributed by atoms with E-state index in [1.54, 1.807) is 6.92 Å². The summed E-state index contributed by atoms with van der Waals surface area (Å²) >= 11 is 0. The van der Waals surface area contributed by atoms with Gasteiger partial charge in [0.15, 0.2) is 0 Å². The third kappa shape index (κ3) is 3.93. The highest BCUT2D eigenvalue weighted by Gasteiger charge is 2.03. The average molecular weight is 216 g/mol. The first kappa shape index (κ1) is 11.3. The van der Waals surface area contributed by atoms with Crippen LogP contribution in [0, 0.1) is 0 Å². The van der Waals surface area contributed by atoms with Gasteiger partial charge in [0.25, 0.3) is 0 Å². The summed E-state index contributed by atoms with van der Waals surface area (Å²) in [6.45, 7) is 2.99. The van der Waals surface area contributed by atoms with Crippen molar-refractivity contribution >= 4 is 10.0 Å². The molecule has 80 valence electrons. The molecule has 0 saturated carbocycles. The van der Waals surface area contributed by atoms with Crippen LogP contribution in [0.3, 0.4) is 0 Å². The van der Waals surface area contributed by atoms with Crippen molar-refractivity contribution in [2.75, 3.05) is 12.3 Å². The molecule has 0 radical (unpaired) electrons. The summed E-state index contributed by atoms with van der Waals surface area (Å²) in [7, 11) is -3.02. The van der Waals surface area contributed by atoms with Crippen molar-refractivity contribution in [2.45, 2.75) is 19.9 Å². The van der Waals surface area contributed by atoms with Crippen molar-refractivity contribution < 1.29 is 8.42 Å². The van der Waals surface area contributed by atoms with E-state index in [-0.39, 0.29) is 5.75 Å². The Balaban J connectivity index is 2.17. The molecule has 1 rings (SSSR count). The fourth-order valence-electron chi connectivity index (χ4n) is 1.11. The lowest BCUT2D eigenvalue weighted by atomic mass is 10.4. The molecule has 1 aromatic heterocycles. The Morgan fingerprint density at radius 3 is 2.50 bits per heavy atom. The highest BCUT2D eigenvalue weighted by molar-refractivity contribution is 7.89. The van der Waals surface area contributed by atoms with Crippen molar-refractivity contribution in [3.8, 4) is 0 Å². The lowest BCUT2D eigenvalue weighted by molar-refractivity contribution is 0.571. The Bertz CT molecular complexity index is 343. The lowest BCUT2D eigenvalue weighted by Crippen LogP contribution is -2.26. The smallest absolute Gasteiger partial charge is 0.211 e. The Hall–Kier alpha value is -0.810. The predicted molar refractivity (Wildman–Crippen MR) is 56.5 cm³/mol. The number of nitrogens with zero attached hydrogens (tertiary/aromatic N) is 1. The molecule has 0 aliphatic carbocycles. The first-order valence-corrected chi connectivity index (χ1v) is 6.37. The molecule has 0 spiro atoms. The van der Waals surface area contributed by atoms with Gasteiger partial charge in [0.05, 0.1) is 5.75 Å². The molecule has 0 amide bonds. The molecule has 1 N–H and O–H groups in total. The monoisotopic (exact) mass is 216 g/mol. The van der Waals surface area contributed by atoms with Gasteiger partial charge in [0.2, 0.25) is 10.0 Å².